The Bertz CT molecular complexity index is 788. The zero-order valence-corrected chi connectivity index (χ0v) is 12.2. The van der Waals surface area contributed by atoms with Crippen LogP contribution in [0.2, 0.25) is 0 Å². The number of hydrogen-bond acceptors (Lipinski definition) is 6. The number of anilines is 3. The van der Waals surface area contributed by atoms with E-state index in [1.165, 1.54) is 18.3 Å². The number of aromatic nitrogens is 3. The Kier molecular flexibility index (Phi) is 4.32. The highest BCUT2D eigenvalue weighted by atomic mass is 19.4. The van der Waals surface area contributed by atoms with Gasteiger partial charge in [0.15, 0.2) is 5.82 Å². The predicted octanol–water partition coefficient (Wildman–Crippen LogP) is 3.84. The maximum Gasteiger partial charge on any atom is 0.416 e. The molecule has 2 heterocycles. The van der Waals surface area contributed by atoms with E-state index in [2.05, 4.69) is 25.8 Å². The monoisotopic (exact) mass is 335 g/mol. The van der Waals surface area contributed by atoms with Crippen molar-refractivity contribution in [2.75, 3.05) is 10.6 Å². The average Bonchev–Trinajstić information content (AvgIpc) is 3.06. The second-order valence-electron chi connectivity index (χ2n) is 4.80. The molecule has 124 valence electrons. The minimum Gasteiger partial charge on any atom is -0.467 e. The third kappa shape index (κ3) is 4.00. The van der Waals surface area contributed by atoms with E-state index in [0.717, 1.165) is 12.1 Å². The third-order valence-electron chi connectivity index (χ3n) is 3.04. The van der Waals surface area contributed by atoms with Crippen molar-refractivity contribution in [1.82, 2.24) is 15.2 Å². The van der Waals surface area contributed by atoms with Crippen LogP contribution in [0.4, 0.5) is 30.6 Å². The van der Waals surface area contributed by atoms with E-state index in [9.17, 15) is 13.2 Å². The Morgan fingerprint density at radius 3 is 2.54 bits per heavy atom. The van der Waals surface area contributed by atoms with Gasteiger partial charge in [0.05, 0.1) is 24.6 Å². The van der Waals surface area contributed by atoms with Crippen molar-refractivity contribution in [3.8, 4) is 0 Å². The van der Waals surface area contributed by atoms with Crippen LogP contribution in [-0.2, 0) is 12.7 Å². The SMILES string of the molecule is FC(F)(F)c1ccc(Nc2cnnc(NCc3ccco3)n2)cc1. The molecule has 9 heteroatoms. The number of nitrogens with zero attached hydrogens (tertiary/aromatic N) is 3. The summed E-state index contributed by atoms with van der Waals surface area (Å²) in [6.07, 6.45) is -1.44. The highest BCUT2D eigenvalue weighted by molar-refractivity contribution is 5.56. The van der Waals surface area contributed by atoms with Gasteiger partial charge < -0.3 is 15.1 Å². The summed E-state index contributed by atoms with van der Waals surface area (Å²) in [7, 11) is 0. The Labute approximate surface area is 134 Å². The summed E-state index contributed by atoms with van der Waals surface area (Å²) < 4.78 is 42.8. The molecule has 2 N–H and O–H groups in total. The Hall–Kier alpha value is -3.10. The van der Waals surface area contributed by atoms with Crippen molar-refractivity contribution < 1.29 is 17.6 Å². The van der Waals surface area contributed by atoms with Gasteiger partial charge in [-0.15, -0.1) is 5.10 Å². The second-order valence-corrected chi connectivity index (χ2v) is 4.80. The van der Waals surface area contributed by atoms with Gasteiger partial charge in [0.2, 0.25) is 5.95 Å². The van der Waals surface area contributed by atoms with Gasteiger partial charge >= 0.3 is 6.18 Å². The summed E-state index contributed by atoms with van der Waals surface area (Å²) in [6.45, 7) is 0.387. The highest BCUT2D eigenvalue weighted by Crippen LogP contribution is 2.30. The first-order valence-corrected chi connectivity index (χ1v) is 6.91. The van der Waals surface area contributed by atoms with E-state index >= 15 is 0 Å². The minimum atomic E-state index is -4.36. The van der Waals surface area contributed by atoms with E-state index in [4.69, 9.17) is 4.42 Å². The minimum absolute atomic E-state index is 0.267. The van der Waals surface area contributed by atoms with Gasteiger partial charge in [0.1, 0.15) is 5.76 Å². The van der Waals surface area contributed by atoms with E-state index < -0.39 is 11.7 Å². The molecule has 0 saturated heterocycles. The number of nitrogens with one attached hydrogen (secondary N) is 2. The number of hydrogen-bond donors (Lipinski definition) is 2. The van der Waals surface area contributed by atoms with E-state index in [-0.39, 0.29) is 5.95 Å². The van der Waals surface area contributed by atoms with Gasteiger partial charge in [0, 0.05) is 5.69 Å². The van der Waals surface area contributed by atoms with Crippen molar-refractivity contribution in [2.24, 2.45) is 0 Å². The Balaban J connectivity index is 1.65. The van der Waals surface area contributed by atoms with Crippen molar-refractivity contribution >= 4 is 17.5 Å². The fourth-order valence-electron chi connectivity index (χ4n) is 1.91. The summed E-state index contributed by atoms with van der Waals surface area (Å²) in [6, 6.07) is 8.19. The molecule has 0 aliphatic carbocycles. The topological polar surface area (TPSA) is 75.9 Å². The molecule has 0 fully saturated rings. The highest BCUT2D eigenvalue weighted by Gasteiger charge is 2.29. The quantitative estimate of drug-likeness (QED) is 0.738. The molecule has 3 rings (SSSR count). The molecule has 0 spiro atoms. The summed E-state index contributed by atoms with van der Waals surface area (Å²) in [5.41, 5.74) is -0.254. The normalized spacial score (nSPS) is 11.3. The lowest BCUT2D eigenvalue weighted by molar-refractivity contribution is -0.137. The summed E-state index contributed by atoms with van der Waals surface area (Å²) in [5, 5.41) is 13.4. The first-order chi connectivity index (χ1) is 11.5. The molecule has 0 saturated carbocycles. The van der Waals surface area contributed by atoms with Gasteiger partial charge in [-0.05, 0) is 36.4 Å². The van der Waals surface area contributed by atoms with Gasteiger partial charge in [-0.3, -0.25) is 0 Å². The Morgan fingerprint density at radius 2 is 1.88 bits per heavy atom. The molecule has 2 aromatic heterocycles. The van der Waals surface area contributed by atoms with Crippen molar-refractivity contribution in [2.45, 2.75) is 12.7 Å². The predicted molar refractivity (Wildman–Crippen MR) is 80.6 cm³/mol. The number of furan rings is 1. The summed E-state index contributed by atoms with van der Waals surface area (Å²) >= 11 is 0. The van der Waals surface area contributed by atoms with E-state index in [1.807, 2.05) is 0 Å². The first kappa shape index (κ1) is 15.8. The van der Waals surface area contributed by atoms with Crippen LogP contribution in [0.25, 0.3) is 0 Å². The molecule has 1 aromatic carbocycles. The van der Waals surface area contributed by atoms with Crippen LogP contribution in [0.1, 0.15) is 11.3 Å². The van der Waals surface area contributed by atoms with Gasteiger partial charge in [-0.25, -0.2) is 0 Å². The van der Waals surface area contributed by atoms with Crippen LogP contribution in [0.5, 0.6) is 0 Å². The fraction of sp³-hybridized carbons (Fsp3) is 0.133. The van der Waals surface area contributed by atoms with Crippen LogP contribution in [0.3, 0.4) is 0 Å². The summed E-state index contributed by atoms with van der Waals surface area (Å²) in [5.74, 6) is 1.33. The van der Waals surface area contributed by atoms with Crippen LogP contribution in [-0.4, -0.2) is 15.2 Å². The average molecular weight is 335 g/mol. The number of benzene rings is 1. The molecule has 3 aromatic rings. The van der Waals surface area contributed by atoms with Crippen molar-refractivity contribution in [3.05, 3.63) is 60.2 Å². The fourth-order valence-corrected chi connectivity index (χ4v) is 1.91. The van der Waals surface area contributed by atoms with Crippen LogP contribution in [0, 0.1) is 0 Å². The molecule has 0 aliphatic heterocycles. The lowest BCUT2D eigenvalue weighted by Gasteiger charge is -2.09. The zero-order chi connectivity index (χ0) is 17.0. The molecular formula is C15H12F3N5O. The maximum absolute atomic E-state index is 12.5. The second kappa shape index (κ2) is 6.57. The zero-order valence-electron chi connectivity index (χ0n) is 12.2. The molecule has 0 atom stereocenters. The largest absolute Gasteiger partial charge is 0.467 e. The van der Waals surface area contributed by atoms with Crippen LogP contribution >= 0.6 is 0 Å². The lowest BCUT2D eigenvalue weighted by Crippen LogP contribution is -2.06. The number of alkyl halides is 3. The molecule has 0 unspecified atom stereocenters. The van der Waals surface area contributed by atoms with E-state index in [1.54, 1.807) is 18.4 Å². The number of halogens is 3. The van der Waals surface area contributed by atoms with Crippen LogP contribution in [0.15, 0.2) is 53.3 Å². The van der Waals surface area contributed by atoms with E-state index in [0.29, 0.717) is 23.8 Å². The standard InChI is InChI=1S/C15H12F3N5O/c16-15(17,18)10-3-5-11(6-4-10)21-13-9-20-23-14(22-13)19-8-12-2-1-7-24-12/h1-7,9H,8H2,(H2,19,21,22,23). The van der Waals surface area contributed by atoms with Gasteiger partial charge in [-0.1, -0.05) is 0 Å². The molecular weight excluding hydrogens is 323 g/mol. The smallest absolute Gasteiger partial charge is 0.416 e. The Morgan fingerprint density at radius 1 is 1.08 bits per heavy atom. The van der Waals surface area contributed by atoms with Crippen molar-refractivity contribution in [3.63, 3.8) is 0 Å². The van der Waals surface area contributed by atoms with Crippen LogP contribution < -0.4 is 10.6 Å². The molecule has 0 bridgehead atoms. The number of rotatable bonds is 5. The molecule has 6 nitrogen and oxygen atoms in total. The molecule has 24 heavy (non-hydrogen) atoms. The molecule has 0 amide bonds. The van der Waals surface area contributed by atoms with Gasteiger partial charge in [0.25, 0.3) is 0 Å². The molecule has 0 radical (unpaired) electrons. The first-order valence-electron chi connectivity index (χ1n) is 6.91. The maximum atomic E-state index is 12.5. The molecule has 0 aliphatic rings. The third-order valence-corrected chi connectivity index (χ3v) is 3.04. The van der Waals surface area contributed by atoms with Gasteiger partial charge in [-0.2, -0.15) is 23.3 Å². The summed E-state index contributed by atoms with van der Waals surface area (Å²) in [4.78, 5) is 4.18. The lowest BCUT2D eigenvalue weighted by atomic mass is 10.2. The van der Waals surface area contributed by atoms with Crippen molar-refractivity contribution in [1.29, 1.82) is 0 Å².